The highest BCUT2D eigenvalue weighted by Crippen LogP contribution is 2.44. The first kappa shape index (κ1) is 13.8. The van der Waals surface area contributed by atoms with Gasteiger partial charge in [0.15, 0.2) is 0 Å². The summed E-state index contributed by atoms with van der Waals surface area (Å²) in [7, 11) is 0. The number of hydrogen-bond donors (Lipinski definition) is 0. The molecule has 6 heteroatoms. The molecule has 0 atom stereocenters. The van der Waals surface area contributed by atoms with Gasteiger partial charge in [-0.25, -0.2) is 9.59 Å². The first-order chi connectivity index (χ1) is 10.9. The van der Waals surface area contributed by atoms with Crippen molar-refractivity contribution in [2.24, 2.45) is 0 Å². The van der Waals surface area contributed by atoms with Gasteiger partial charge in [0.1, 0.15) is 0 Å². The first-order valence-electron chi connectivity index (χ1n) is 6.70. The number of carbonyl (C=O) groups excluding carboxylic acids is 2. The van der Waals surface area contributed by atoms with Crippen LogP contribution in [0.1, 0.15) is 26.3 Å². The Hall–Kier alpha value is -2.89. The maximum atomic E-state index is 13.6. The van der Waals surface area contributed by atoms with E-state index < -0.39 is 29.2 Å². The highest BCUT2D eigenvalue weighted by molar-refractivity contribution is 6.27. The van der Waals surface area contributed by atoms with Crippen LogP contribution in [0.3, 0.4) is 0 Å². The molecule has 0 radical (unpaired) electrons. The van der Waals surface area contributed by atoms with E-state index in [1.54, 1.807) is 18.2 Å². The third-order valence-corrected chi connectivity index (χ3v) is 3.94. The first-order valence-corrected chi connectivity index (χ1v) is 6.70. The Morgan fingerprint density at radius 2 is 1.43 bits per heavy atom. The lowest BCUT2D eigenvalue weighted by Gasteiger charge is -2.22. The number of cyclic esters (lactones) is 2. The normalized spacial score (nSPS) is 14.4. The van der Waals surface area contributed by atoms with E-state index in [9.17, 15) is 22.8 Å². The van der Waals surface area contributed by atoms with Crippen LogP contribution in [0.4, 0.5) is 13.2 Å². The summed E-state index contributed by atoms with van der Waals surface area (Å²) in [5.41, 5.74) is -1.69. The molecular formula is C17H7F3O3. The number of benzene rings is 3. The second-order valence-electron chi connectivity index (χ2n) is 5.20. The van der Waals surface area contributed by atoms with Crippen molar-refractivity contribution in [3.8, 4) is 0 Å². The van der Waals surface area contributed by atoms with Gasteiger partial charge in [-0.1, -0.05) is 36.4 Å². The molecule has 0 bridgehead atoms. The molecule has 1 heterocycles. The molecule has 23 heavy (non-hydrogen) atoms. The van der Waals surface area contributed by atoms with E-state index in [1.165, 1.54) is 24.3 Å². The molecule has 0 saturated heterocycles. The van der Waals surface area contributed by atoms with Crippen LogP contribution in [-0.2, 0) is 10.9 Å². The second kappa shape index (κ2) is 4.32. The third kappa shape index (κ3) is 1.78. The molecule has 0 fully saturated rings. The van der Waals surface area contributed by atoms with Crippen LogP contribution >= 0.6 is 0 Å². The van der Waals surface area contributed by atoms with Crippen LogP contribution in [0, 0.1) is 0 Å². The molecule has 0 unspecified atom stereocenters. The summed E-state index contributed by atoms with van der Waals surface area (Å²) in [6.45, 7) is 0. The molecule has 0 amide bonds. The molecule has 3 aromatic carbocycles. The van der Waals surface area contributed by atoms with Crippen molar-refractivity contribution >= 4 is 33.5 Å². The molecule has 0 saturated carbocycles. The lowest BCUT2D eigenvalue weighted by atomic mass is 9.88. The van der Waals surface area contributed by atoms with Gasteiger partial charge >= 0.3 is 18.1 Å². The fourth-order valence-corrected chi connectivity index (χ4v) is 3.10. The lowest BCUT2D eigenvalue weighted by Crippen LogP contribution is -2.24. The maximum Gasteiger partial charge on any atom is 0.417 e. The Kier molecular flexibility index (Phi) is 2.58. The number of hydrogen-bond acceptors (Lipinski definition) is 3. The number of alkyl halides is 3. The molecule has 4 rings (SSSR count). The van der Waals surface area contributed by atoms with Crippen molar-refractivity contribution in [3.05, 3.63) is 59.2 Å². The predicted octanol–water partition coefficient (Wildman–Crippen LogP) is 4.32. The Balaban J connectivity index is 2.39. The molecule has 1 aliphatic heterocycles. The molecule has 1 aliphatic rings. The molecule has 3 aromatic rings. The van der Waals surface area contributed by atoms with E-state index >= 15 is 0 Å². The quantitative estimate of drug-likeness (QED) is 0.352. The number of carbonyl (C=O) groups is 2. The van der Waals surface area contributed by atoms with Crippen LogP contribution in [0.5, 0.6) is 0 Å². The minimum absolute atomic E-state index is 0.000208. The van der Waals surface area contributed by atoms with Gasteiger partial charge in [0, 0.05) is 5.39 Å². The molecule has 0 aromatic heterocycles. The zero-order valence-corrected chi connectivity index (χ0v) is 11.4. The molecular weight excluding hydrogens is 309 g/mol. The van der Waals surface area contributed by atoms with E-state index in [-0.39, 0.29) is 16.3 Å². The van der Waals surface area contributed by atoms with Gasteiger partial charge in [0.25, 0.3) is 0 Å². The summed E-state index contributed by atoms with van der Waals surface area (Å²) in [5.74, 6) is -2.20. The van der Waals surface area contributed by atoms with Crippen LogP contribution in [0.25, 0.3) is 21.5 Å². The number of esters is 2. The Bertz CT molecular complexity index is 1020. The largest absolute Gasteiger partial charge is 0.417 e. The monoisotopic (exact) mass is 316 g/mol. The molecule has 0 N–H and O–H groups in total. The van der Waals surface area contributed by atoms with E-state index in [4.69, 9.17) is 0 Å². The maximum absolute atomic E-state index is 13.6. The summed E-state index contributed by atoms with van der Waals surface area (Å²) in [6.07, 6.45) is -4.75. The third-order valence-electron chi connectivity index (χ3n) is 3.94. The zero-order chi connectivity index (χ0) is 16.4. The lowest BCUT2D eigenvalue weighted by molar-refractivity contribution is -0.136. The van der Waals surface area contributed by atoms with Gasteiger partial charge < -0.3 is 4.74 Å². The smallest absolute Gasteiger partial charge is 0.386 e. The average molecular weight is 316 g/mol. The van der Waals surface area contributed by atoms with Crippen molar-refractivity contribution in [1.82, 2.24) is 0 Å². The molecule has 0 spiro atoms. The molecule has 0 aliphatic carbocycles. The summed E-state index contributed by atoms with van der Waals surface area (Å²) in [4.78, 5) is 23.9. The highest BCUT2D eigenvalue weighted by atomic mass is 19.4. The van der Waals surface area contributed by atoms with E-state index in [0.29, 0.717) is 10.8 Å². The van der Waals surface area contributed by atoms with Gasteiger partial charge in [-0.15, -0.1) is 0 Å². The topological polar surface area (TPSA) is 43.4 Å². The van der Waals surface area contributed by atoms with E-state index in [2.05, 4.69) is 4.74 Å². The van der Waals surface area contributed by atoms with Gasteiger partial charge in [-0.2, -0.15) is 13.2 Å². The Labute approximate surface area is 127 Å². The van der Waals surface area contributed by atoms with Crippen LogP contribution in [0.2, 0.25) is 0 Å². The van der Waals surface area contributed by atoms with Crippen molar-refractivity contribution in [3.63, 3.8) is 0 Å². The highest BCUT2D eigenvalue weighted by Gasteiger charge is 2.42. The van der Waals surface area contributed by atoms with E-state index in [0.717, 1.165) is 0 Å². The van der Waals surface area contributed by atoms with Gasteiger partial charge in [0.2, 0.25) is 0 Å². The van der Waals surface area contributed by atoms with Crippen LogP contribution in [-0.4, -0.2) is 11.9 Å². The fourth-order valence-electron chi connectivity index (χ4n) is 3.10. The van der Waals surface area contributed by atoms with Crippen molar-refractivity contribution in [2.45, 2.75) is 6.18 Å². The summed E-state index contributed by atoms with van der Waals surface area (Å²) < 4.78 is 45.4. The average Bonchev–Trinajstić information content (AvgIpc) is 2.50. The summed E-state index contributed by atoms with van der Waals surface area (Å²) in [6, 6.07) is 10.4. The Morgan fingerprint density at radius 1 is 0.783 bits per heavy atom. The van der Waals surface area contributed by atoms with Crippen LogP contribution in [0.15, 0.2) is 42.5 Å². The SMILES string of the molecule is O=C1OC(=O)c2c(C(F)(F)F)c3ccccc3c3cccc1c23. The number of ether oxygens (including phenoxy) is 1. The predicted molar refractivity (Wildman–Crippen MR) is 76.2 cm³/mol. The fraction of sp³-hybridized carbons (Fsp3) is 0.0588. The summed E-state index contributed by atoms with van der Waals surface area (Å²) >= 11 is 0. The minimum atomic E-state index is -4.75. The van der Waals surface area contributed by atoms with Crippen molar-refractivity contribution < 1.29 is 27.5 Å². The minimum Gasteiger partial charge on any atom is -0.386 e. The van der Waals surface area contributed by atoms with E-state index in [1.807, 2.05) is 0 Å². The van der Waals surface area contributed by atoms with Crippen LogP contribution < -0.4 is 0 Å². The number of rotatable bonds is 0. The van der Waals surface area contributed by atoms with Crippen molar-refractivity contribution in [2.75, 3.05) is 0 Å². The van der Waals surface area contributed by atoms with Gasteiger partial charge in [-0.05, 0) is 22.2 Å². The second-order valence-corrected chi connectivity index (χ2v) is 5.20. The molecule has 3 nitrogen and oxygen atoms in total. The zero-order valence-electron chi connectivity index (χ0n) is 11.4. The van der Waals surface area contributed by atoms with Gasteiger partial charge in [0.05, 0.1) is 16.7 Å². The van der Waals surface area contributed by atoms with Gasteiger partial charge in [-0.3, -0.25) is 0 Å². The molecule has 114 valence electrons. The number of halogens is 3. The Morgan fingerprint density at radius 3 is 2.13 bits per heavy atom. The summed E-state index contributed by atoms with van der Waals surface area (Å²) in [5, 5.41) is 0.666. The number of fused-ring (bicyclic) bond motifs is 2. The van der Waals surface area contributed by atoms with Crippen molar-refractivity contribution in [1.29, 1.82) is 0 Å². The standard InChI is InChI=1S/C17H7F3O3/c18-17(19,20)14-10-5-2-1-4-8(10)9-6-3-7-11-12(9)13(14)16(22)23-15(11)21/h1-7H.